The number of nitrogens with one attached hydrogen (secondary N) is 2. The van der Waals surface area contributed by atoms with Crippen molar-refractivity contribution >= 4 is 21.8 Å². The summed E-state index contributed by atoms with van der Waals surface area (Å²) < 4.78 is 5.50. The van der Waals surface area contributed by atoms with Crippen LogP contribution >= 0.6 is 15.9 Å². The Morgan fingerprint density at radius 1 is 1.53 bits per heavy atom. The van der Waals surface area contributed by atoms with E-state index in [1.54, 1.807) is 20.1 Å². The first-order valence-electron chi connectivity index (χ1n) is 6.02. The molecule has 0 saturated heterocycles. The number of aromatic hydroxyl groups is 1. The van der Waals surface area contributed by atoms with E-state index in [0.29, 0.717) is 24.2 Å². The van der Waals surface area contributed by atoms with Gasteiger partial charge in [0, 0.05) is 20.2 Å². The molecule has 1 unspecified atom stereocenters. The maximum atomic E-state index is 11.7. The Labute approximate surface area is 121 Å². The average molecular weight is 331 g/mol. The molecule has 5 nitrogen and oxygen atoms in total. The van der Waals surface area contributed by atoms with Crippen molar-refractivity contribution < 1.29 is 14.6 Å². The van der Waals surface area contributed by atoms with E-state index in [2.05, 4.69) is 26.6 Å². The summed E-state index contributed by atoms with van der Waals surface area (Å²) in [6.45, 7) is 3.37. The van der Waals surface area contributed by atoms with Crippen molar-refractivity contribution in [1.82, 2.24) is 10.6 Å². The number of hydrogen-bond acceptors (Lipinski definition) is 4. The van der Waals surface area contributed by atoms with Crippen molar-refractivity contribution in [2.75, 3.05) is 20.3 Å². The minimum absolute atomic E-state index is 0.0603. The molecule has 0 radical (unpaired) electrons. The lowest BCUT2D eigenvalue weighted by Crippen LogP contribution is -2.42. The van der Waals surface area contributed by atoms with Gasteiger partial charge in [-0.25, -0.2) is 0 Å². The lowest BCUT2D eigenvalue weighted by Gasteiger charge is -2.14. The fourth-order valence-corrected chi connectivity index (χ4v) is 1.88. The first-order chi connectivity index (χ1) is 9.04. The van der Waals surface area contributed by atoms with Crippen molar-refractivity contribution in [2.24, 2.45) is 0 Å². The molecule has 0 saturated carbocycles. The second-order valence-electron chi connectivity index (χ2n) is 4.17. The summed E-state index contributed by atoms with van der Waals surface area (Å²) in [7, 11) is 1.59. The first kappa shape index (κ1) is 15.9. The van der Waals surface area contributed by atoms with Crippen LogP contribution in [0.2, 0.25) is 0 Å². The van der Waals surface area contributed by atoms with Gasteiger partial charge in [-0.3, -0.25) is 4.79 Å². The Balaban J connectivity index is 2.38. The monoisotopic (exact) mass is 330 g/mol. The van der Waals surface area contributed by atoms with E-state index in [4.69, 9.17) is 4.74 Å². The lowest BCUT2D eigenvalue weighted by atomic mass is 10.2. The van der Waals surface area contributed by atoms with Gasteiger partial charge in [-0.05, 0) is 40.5 Å². The van der Waals surface area contributed by atoms with Crippen LogP contribution < -0.4 is 10.6 Å². The second kappa shape index (κ2) is 8.14. The summed E-state index contributed by atoms with van der Waals surface area (Å²) in [5.74, 6) is 0.143. The predicted molar refractivity (Wildman–Crippen MR) is 77.0 cm³/mol. The van der Waals surface area contributed by atoms with Crippen molar-refractivity contribution in [2.45, 2.75) is 19.5 Å². The van der Waals surface area contributed by atoms with Crippen LogP contribution in [0.4, 0.5) is 0 Å². The maximum absolute atomic E-state index is 11.7. The molecule has 0 aliphatic carbocycles. The highest BCUT2D eigenvalue weighted by atomic mass is 79.9. The third kappa shape index (κ3) is 5.59. The number of amides is 1. The molecule has 6 heteroatoms. The summed E-state index contributed by atoms with van der Waals surface area (Å²) in [6, 6.07) is 4.95. The first-order valence-corrected chi connectivity index (χ1v) is 6.81. The Kier molecular flexibility index (Phi) is 6.83. The quantitative estimate of drug-likeness (QED) is 0.661. The minimum Gasteiger partial charge on any atom is -0.507 e. The molecule has 1 rings (SSSR count). The molecular weight excluding hydrogens is 312 g/mol. The van der Waals surface area contributed by atoms with E-state index in [-0.39, 0.29) is 17.7 Å². The van der Waals surface area contributed by atoms with Crippen LogP contribution in [0.15, 0.2) is 22.7 Å². The average Bonchev–Trinajstić information content (AvgIpc) is 2.40. The number of hydrogen-bond donors (Lipinski definition) is 3. The molecular formula is C13H19BrN2O3. The fraction of sp³-hybridized carbons (Fsp3) is 0.462. The topological polar surface area (TPSA) is 70.6 Å². The van der Waals surface area contributed by atoms with Gasteiger partial charge in [-0.2, -0.15) is 0 Å². The number of carbonyl (C=O) groups excluding carboxylic acids is 1. The highest BCUT2D eigenvalue weighted by Gasteiger charge is 2.11. The van der Waals surface area contributed by atoms with Crippen LogP contribution in [0, 0.1) is 0 Å². The zero-order valence-corrected chi connectivity index (χ0v) is 12.7. The Hall–Kier alpha value is -1.11. The molecule has 0 aliphatic heterocycles. The number of methoxy groups -OCH3 is 1. The van der Waals surface area contributed by atoms with Crippen molar-refractivity contribution in [1.29, 1.82) is 0 Å². The fourth-order valence-electron chi connectivity index (χ4n) is 1.45. The van der Waals surface area contributed by atoms with Gasteiger partial charge >= 0.3 is 0 Å². The molecule has 3 N–H and O–H groups in total. The second-order valence-corrected chi connectivity index (χ2v) is 5.03. The van der Waals surface area contributed by atoms with Gasteiger partial charge < -0.3 is 20.5 Å². The molecule has 0 bridgehead atoms. The van der Waals surface area contributed by atoms with E-state index >= 15 is 0 Å². The predicted octanol–water partition coefficient (Wildman–Crippen LogP) is 1.40. The highest BCUT2D eigenvalue weighted by Crippen LogP contribution is 2.24. The largest absolute Gasteiger partial charge is 0.507 e. The summed E-state index contributed by atoms with van der Waals surface area (Å²) in [6.07, 6.45) is 0. The van der Waals surface area contributed by atoms with Gasteiger partial charge in [0.2, 0.25) is 5.91 Å². The van der Waals surface area contributed by atoms with Crippen LogP contribution in [0.5, 0.6) is 5.75 Å². The molecule has 1 aromatic rings. The van der Waals surface area contributed by atoms with E-state index in [1.807, 2.05) is 12.1 Å². The molecule has 1 atom stereocenters. The SMILES string of the molecule is COCCNC(=O)C(C)NCc1ccc(O)c(Br)c1. The van der Waals surface area contributed by atoms with Gasteiger partial charge in [0.05, 0.1) is 17.1 Å². The molecule has 106 valence electrons. The van der Waals surface area contributed by atoms with Gasteiger partial charge in [0.25, 0.3) is 0 Å². The molecule has 0 aliphatic rings. The number of ether oxygens (including phenoxy) is 1. The molecule has 0 fully saturated rings. The van der Waals surface area contributed by atoms with Gasteiger partial charge in [-0.15, -0.1) is 0 Å². The number of carbonyl (C=O) groups is 1. The summed E-state index contributed by atoms with van der Waals surface area (Å²) in [5, 5.41) is 15.3. The zero-order chi connectivity index (χ0) is 14.3. The van der Waals surface area contributed by atoms with Crippen molar-refractivity contribution in [3.63, 3.8) is 0 Å². The van der Waals surface area contributed by atoms with E-state index < -0.39 is 0 Å². The lowest BCUT2D eigenvalue weighted by molar-refractivity contribution is -0.122. The summed E-state index contributed by atoms with van der Waals surface area (Å²) >= 11 is 3.25. The number of halogens is 1. The van der Waals surface area contributed by atoms with Gasteiger partial charge in [-0.1, -0.05) is 6.07 Å². The van der Waals surface area contributed by atoms with Crippen LogP contribution in [0.3, 0.4) is 0 Å². The molecule has 0 spiro atoms. The van der Waals surface area contributed by atoms with E-state index in [0.717, 1.165) is 5.56 Å². The van der Waals surface area contributed by atoms with Crippen LogP contribution in [0.1, 0.15) is 12.5 Å². The minimum atomic E-state index is -0.288. The van der Waals surface area contributed by atoms with Gasteiger partial charge in [0.15, 0.2) is 0 Å². The Bertz CT molecular complexity index is 426. The summed E-state index contributed by atoms with van der Waals surface area (Å²) in [5.41, 5.74) is 0.987. The van der Waals surface area contributed by atoms with Crippen LogP contribution in [0.25, 0.3) is 0 Å². The smallest absolute Gasteiger partial charge is 0.236 e. The highest BCUT2D eigenvalue weighted by molar-refractivity contribution is 9.10. The molecule has 0 aromatic heterocycles. The van der Waals surface area contributed by atoms with Crippen LogP contribution in [-0.2, 0) is 16.1 Å². The van der Waals surface area contributed by atoms with Gasteiger partial charge in [0.1, 0.15) is 5.75 Å². The number of phenolic OH excluding ortho intramolecular Hbond substituents is 1. The summed E-state index contributed by atoms with van der Waals surface area (Å²) in [4.78, 5) is 11.7. The van der Waals surface area contributed by atoms with E-state index in [9.17, 15) is 9.90 Å². The molecule has 1 aromatic carbocycles. The van der Waals surface area contributed by atoms with Crippen molar-refractivity contribution in [3.8, 4) is 5.75 Å². The zero-order valence-electron chi connectivity index (χ0n) is 11.1. The van der Waals surface area contributed by atoms with E-state index in [1.165, 1.54) is 0 Å². The molecule has 0 heterocycles. The Morgan fingerprint density at radius 2 is 2.26 bits per heavy atom. The third-order valence-electron chi connectivity index (χ3n) is 2.62. The maximum Gasteiger partial charge on any atom is 0.236 e. The molecule has 19 heavy (non-hydrogen) atoms. The number of phenols is 1. The number of rotatable bonds is 7. The normalized spacial score (nSPS) is 12.2. The van der Waals surface area contributed by atoms with Crippen LogP contribution in [-0.4, -0.2) is 37.3 Å². The Morgan fingerprint density at radius 3 is 2.89 bits per heavy atom. The number of benzene rings is 1. The standard InChI is InChI=1S/C13H19BrN2O3/c1-9(13(18)15-5-6-19-2)16-8-10-3-4-12(17)11(14)7-10/h3-4,7,9,16-17H,5-6,8H2,1-2H3,(H,15,18). The molecule has 1 amide bonds. The third-order valence-corrected chi connectivity index (χ3v) is 3.26. The van der Waals surface area contributed by atoms with Crippen molar-refractivity contribution in [3.05, 3.63) is 28.2 Å².